The van der Waals surface area contributed by atoms with Crippen LogP contribution >= 0.6 is 11.3 Å². The lowest BCUT2D eigenvalue weighted by atomic mass is 9.98. The normalized spacial score (nSPS) is 14.7. The number of hydrogen-bond acceptors (Lipinski definition) is 5. The molecule has 0 atom stereocenters. The Morgan fingerprint density at radius 2 is 1.10 bits per heavy atom. The van der Waals surface area contributed by atoms with Crippen LogP contribution in [0.3, 0.4) is 0 Å². The van der Waals surface area contributed by atoms with Crippen molar-refractivity contribution in [3.8, 4) is 56.4 Å². The second-order valence-electron chi connectivity index (χ2n) is 11.6. The summed E-state index contributed by atoms with van der Waals surface area (Å²) in [5, 5.41) is 1.89. The lowest BCUT2D eigenvalue weighted by Gasteiger charge is -2.12. The van der Waals surface area contributed by atoms with Crippen LogP contribution in [0.1, 0.15) is 15.1 Å². The fourth-order valence-corrected chi connectivity index (χ4v) is 7.37. The molecule has 0 aliphatic rings. The molecular formula is C45H27N3OS. The highest BCUT2D eigenvalue weighted by molar-refractivity contribution is 7.26. The molecular weight excluding hydrogens is 631 g/mol. The summed E-state index contributed by atoms with van der Waals surface area (Å²) in [7, 11) is 0. The zero-order valence-corrected chi connectivity index (χ0v) is 26.7. The van der Waals surface area contributed by atoms with Gasteiger partial charge in [-0.15, -0.1) is 11.3 Å². The third kappa shape index (κ3) is 4.79. The first kappa shape index (κ1) is 19.5. The minimum Gasteiger partial charge on any atom is -0.456 e. The summed E-state index contributed by atoms with van der Waals surface area (Å²) < 4.78 is 103. The number of thiophene rings is 1. The van der Waals surface area contributed by atoms with Gasteiger partial charge in [-0.25, -0.2) is 15.0 Å². The maximum absolute atomic E-state index is 9.63. The van der Waals surface area contributed by atoms with Crippen LogP contribution in [-0.2, 0) is 0 Å². The number of rotatable bonds is 5. The van der Waals surface area contributed by atoms with Crippen molar-refractivity contribution in [1.82, 2.24) is 15.0 Å². The van der Waals surface area contributed by atoms with Crippen LogP contribution in [0.25, 0.3) is 98.5 Å². The molecule has 3 heterocycles. The first-order valence-corrected chi connectivity index (χ1v) is 16.5. The molecule has 7 aromatic carbocycles. The Hall–Kier alpha value is -6.43. The van der Waals surface area contributed by atoms with E-state index in [1.54, 1.807) is 0 Å². The Bertz CT molecular complexity index is 3470. The standard InChI is InChI=1S/C45H27N3OS/c1-3-11-28(12-4-1)29-19-21-31(22-20-29)43-46-44(32-23-24-35-34-15-7-9-17-38(34)49-39(35)27-32)48-45(47-43)37-26-25-33(30-13-5-2-6-14-30)42-41(37)36-16-8-10-18-40(36)50-42/h1-27H/i2D,5D,6D,8D,10D,13D,14D,16D,18D,25D,26D. The van der Waals surface area contributed by atoms with Gasteiger partial charge in [0.1, 0.15) is 11.2 Å². The van der Waals surface area contributed by atoms with Crippen LogP contribution in [0.4, 0.5) is 0 Å². The van der Waals surface area contributed by atoms with Gasteiger partial charge in [0.2, 0.25) is 0 Å². The first-order valence-electron chi connectivity index (χ1n) is 21.2. The van der Waals surface area contributed by atoms with E-state index in [9.17, 15) is 2.74 Å². The molecule has 10 rings (SSSR count). The van der Waals surface area contributed by atoms with Gasteiger partial charge in [-0.3, -0.25) is 0 Å². The van der Waals surface area contributed by atoms with E-state index in [1.807, 2.05) is 97.1 Å². The Morgan fingerprint density at radius 1 is 0.460 bits per heavy atom. The second-order valence-corrected chi connectivity index (χ2v) is 12.6. The first-order chi connectivity index (χ1) is 29.3. The number of furan rings is 1. The highest BCUT2D eigenvalue weighted by atomic mass is 32.1. The minimum absolute atomic E-state index is 0.0162. The summed E-state index contributed by atoms with van der Waals surface area (Å²) in [6, 6.07) is 24.7. The highest BCUT2D eigenvalue weighted by Gasteiger charge is 2.20. The molecule has 10 aromatic rings. The summed E-state index contributed by atoms with van der Waals surface area (Å²) in [6.07, 6.45) is 0. The van der Waals surface area contributed by atoms with Gasteiger partial charge in [0.25, 0.3) is 0 Å². The molecule has 234 valence electrons. The second kappa shape index (κ2) is 11.6. The van der Waals surface area contributed by atoms with Gasteiger partial charge in [-0.1, -0.05) is 133 Å². The molecule has 0 aliphatic carbocycles. The Kier molecular flexibility index (Phi) is 4.54. The molecule has 0 saturated heterocycles. The molecule has 0 aliphatic heterocycles. The summed E-state index contributed by atoms with van der Waals surface area (Å²) >= 11 is 0.882. The largest absolute Gasteiger partial charge is 0.456 e. The zero-order chi connectivity index (χ0) is 42.6. The van der Waals surface area contributed by atoms with E-state index in [4.69, 9.17) is 31.7 Å². The fourth-order valence-electron chi connectivity index (χ4n) is 6.25. The van der Waals surface area contributed by atoms with Gasteiger partial charge in [-0.2, -0.15) is 0 Å². The number of nitrogens with zero attached hydrogens (tertiary/aromatic N) is 3. The molecule has 4 nitrogen and oxygen atoms in total. The molecule has 0 saturated carbocycles. The molecule has 0 spiro atoms. The molecule has 3 aromatic heterocycles. The van der Waals surface area contributed by atoms with Crippen molar-refractivity contribution in [2.45, 2.75) is 0 Å². The summed E-state index contributed by atoms with van der Waals surface area (Å²) in [6.45, 7) is 0. The van der Waals surface area contributed by atoms with Crippen molar-refractivity contribution >= 4 is 53.4 Å². The average Bonchev–Trinajstić information content (AvgIpc) is 3.86. The van der Waals surface area contributed by atoms with E-state index in [0.29, 0.717) is 22.3 Å². The van der Waals surface area contributed by atoms with Gasteiger partial charge in [0.15, 0.2) is 17.5 Å². The number of hydrogen-bond donors (Lipinski definition) is 0. The third-order valence-electron chi connectivity index (χ3n) is 8.62. The molecule has 0 amide bonds. The molecule has 0 fully saturated rings. The van der Waals surface area contributed by atoms with Gasteiger partial charge < -0.3 is 4.42 Å². The zero-order valence-electron chi connectivity index (χ0n) is 36.9. The van der Waals surface area contributed by atoms with Gasteiger partial charge in [0, 0.05) is 47.6 Å². The van der Waals surface area contributed by atoms with E-state index in [0.717, 1.165) is 33.2 Å². The minimum atomic E-state index is -0.643. The summed E-state index contributed by atoms with van der Waals surface area (Å²) in [5.74, 6) is 0.310. The summed E-state index contributed by atoms with van der Waals surface area (Å²) in [4.78, 5) is 14.7. The number of aromatic nitrogens is 3. The topological polar surface area (TPSA) is 51.8 Å². The van der Waals surface area contributed by atoms with E-state index < -0.39 is 60.4 Å². The van der Waals surface area contributed by atoms with Crippen molar-refractivity contribution in [2.24, 2.45) is 0 Å². The van der Waals surface area contributed by atoms with E-state index in [-0.39, 0.29) is 60.4 Å². The van der Waals surface area contributed by atoms with Crippen molar-refractivity contribution in [1.29, 1.82) is 0 Å². The van der Waals surface area contributed by atoms with Crippen LogP contribution in [0, 0.1) is 0 Å². The van der Waals surface area contributed by atoms with Gasteiger partial charge in [-0.05, 0) is 52.5 Å². The smallest absolute Gasteiger partial charge is 0.164 e. The SMILES string of the molecule is [2H]c1c([2H])c([2H])c(-c2c([2H])c([2H])c(-c3nc(-c4ccc(-c5ccccc5)cc4)nc(-c4ccc5c(c4)oc4ccccc45)n3)c3c2sc2c([2H])c([2H])c([2H])c([2H])c23)c([2H])c1[2H]. The fraction of sp³-hybridized carbons (Fsp3) is 0. The van der Waals surface area contributed by atoms with Gasteiger partial charge in [0.05, 0.1) is 15.1 Å². The van der Waals surface area contributed by atoms with E-state index in [1.165, 1.54) is 0 Å². The molecule has 0 bridgehead atoms. The van der Waals surface area contributed by atoms with Crippen LogP contribution in [-0.4, -0.2) is 15.0 Å². The van der Waals surface area contributed by atoms with Crippen molar-refractivity contribution < 1.29 is 19.5 Å². The number of benzene rings is 7. The van der Waals surface area contributed by atoms with Crippen molar-refractivity contribution in [3.05, 3.63) is 164 Å². The van der Waals surface area contributed by atoms with Crippen molar-refractivity contribution in [3.63, 3.8) is 0 Å². The van der Waals surface area contributed by atoms with E-state index >= 15 is 0 Å². The predicted octanol–water partition coefficient (Wildman–Crippen LogP) is 12.5. The highest BCUT2D eigenvalue weighted by Crippen LogP contribution is 2.44. The Morgan fingerprint density at radius 3 is 1.96 bits per heavy atom. The lowest BCUT2D eigenvalue weighted by Crippen LogP contribution is -2.00. The number of fused-ring (bicyclic) bond motifs is 6. The lowest BCUT2D eigenvalue weighted by molar-refractivity contribution is 0.669. The summed E-state index contributed by atoms with van der Waals surface area (Å²) in [5.41, 5.74) is 3.79. The molecule has 5 heteroatoms. The molecule has 50 heavy (non-hydrogen) atoms. The Balaban J connectivity index is 1.31. The van der Waals surface area contributed by atoms with Crippen LogP contribution in [0.15, 0.2) is 168 Å². The Labute approximate surface area is 307 Å². The van der Waals surface area contributed by atoms with Gasteiger partial charge >= 0.3 is 0 Å². The maximum atomic E-state index is 9.63. The van der Waals surface area contributed by atoms with Crippen molar-refractivity contribution in [2.75, 3.05) is 0 Å². The van der Waals surface area contributed by atoms with Crippen LogP contribution < -0.4 is 0 Å². The third-order valence-corrected chi connectivity index (χ3v) is 9.74. The monoisotopic (exact) mass is 668 g/mol. The maximum Gasteiger partial charge on any atom is 0.164 e. The predicted molar refractivity (Wildman–Crippen MR) is 207 cm³/mol. The average molecular weight is 669 g/mol. The molecule has 0 radical (unpaired) electrons. The van der Waals surface area contributed by atoms with Crippen LogP contribution in [0.2, 0.25) is 0 Å². The quantitative estimate of drug-likeness (QED) is 0.183. The van der Waals surface area contributed by atoms with E-state index in [2.05, 4.69) is 0 Å². The molecule has 0 N–H and O–H groups in total. The van der Waals surface area contributed by atoms with Crippen LogP contribution in [0.5, 0.6) is 0 Å². The molecule has 0 unspecified atom stereocenters. The number of para-hydroxylation sites is 1.